The number of esters is 1. The van der Waals surface area contributed by atoms with Crippen LogP contribution in [0.2, 0.25) is 0 Å². The summed E-state index contributed by atoms with van der Waals surface area (Å²) in [5, 5.41) is 8.94. The quantitative estimate of drug-likeness (QED) is 0.751. The molecule has 0 bridgehead atoms. The molecule has 1 fully saturated rings. The number of nitriles is 1. The second-order valence-electron chi connectivity index (χ2n) is 5.61. The summed E-state index contributed by atoms with van der Waals surface area (Å²) in [7, 11) is 0. The number of amides is 1. The normalized spacial score (nSPS) is 20.1. The Hall–Kier alpha value is -2.59. The highest BCUT2D eigenvalue weighted by Gasteiger charge is 2.26. The Balaban J connectivity index is 1.77. The van der Waals surface area contributed by atoms with Crippen molar-refractivity contribution < 1.29 is 23.8 Å². The zero-order valence-corrected chi connectivity index (χ0v) is 13.7. The first-order chi connectivity index (χ1) is 11.5. The van der Waals surface area contributed by atoms with Gasteiger partial charge in [0.15, 0.2) is 13.2 Å². The van der Waals surface area contributed by atoms with Crippen molar-refractivity contribution >= 4 is 11.9 Å². The second kappa shape index (κ2) is 8.31. The molecule has 1 amide bonds. The van der Waals surface area contributed by atoms with Crippen LogP contribution in [-0.4, -0.2) is 55.3 Å². The largest absolute Gasteiger partial charge is 0.481 e. The van der Waals surface area contributed by atoms with Crippen molar-refractivity contribution in [3.8, 4) is 11.8 Å². The molecule has 0 radical (unpaired) electrons. The molecule has 2 rings (SSSR count). The maximum atomic E-state index is 12.1. The van der Waals surface area contributed by atoms with E-state index in [1.807, 2.05) is 19.9 Å². The summed E-state index contributed by atoms with van der Waals surface area (Å²) in [6.45, 7) is 4.05. The van der Waals surface area contributed by atoms with Gasteiger partial charge in [0.2, 0.25) is 0 Å². The highest BCUT2D eigenvalue weighted by molar-refractivity contribution is 5.81. The van der Waals surface area contributed by atoms with Gasteiger partial charge in [-0.15, -0.1) is 0 Å². The Labute approximate surface area is 140 Å². The third kappa shape index (κ3) is 4.96. The summed E-state index contributed by atoms with van der Waals surface area (Å²) in [6.07, 6.45) is -0.0848. The van der Waals surface area contributed by atoms with Crippen LogP contribution in [0.4, 0.5) is 0 Å². The average Bonchev–Trinajstić information content (AvgIpc) is 2.57. The van der Waals surface area contributed by atoms with Crippen LogP contribution in [0, 0.1) is 11.3 Å². The first-order valence-corrected chi connectivity index (χ1v) is 7.70. The third-order valence-corrected chi connectivity index (χ3v) is 3.48. The molecule has 0 aromatic heterocycles. The molecule has 7 heteroatoms. The zero-order chi connectivity index (χ0) is 17.5. The Bertz CT molecular complexity index is 630. The second-order valence-corrected chi connectivity index (χ2v) is 5.61. The van der Waals surface area contributed by atoms with Crippen molar-refractivity contribution in [3.05, 3.63) is 29.8 Å². The van der Waals surface area contributed by atoms with Gasteiger partial charge < -0.3 is 19.1 Å². The number of ether oxygens (including phenoxy) is 3. The summed E-state index contributed by atoms with van der Waals surface area (Å²) >= 11 is 0. The summed E-state index contributed by atoms with van der Waals surface area (Å²) < 4.78 is 15.8. The average molecular weight is 332 g/mol. The van der Waals surface area contributed by atoms with E-state index >= 15 is 0 Å². The highest BCUT2D eigenvalue weighted by Crippen LogP contribution is 2.16. The number of hydrogen-bond acceptors (Lipinski definition) is 6. The molecule has 0 spiro atoms. The van der Waals surface area contributed by atoms with E-state index in [0.29, 0.717) is 24.4 Å². The van der Waals surface area contributed by atoms with Crippen LogP contribution in [0.15, 0.2) is 24.3 Å². The Morgan fingerprint density at radius 3 is 2.58 bits per heavy atom. The van der Waals surface area contributed by atoms with E-state index in [0.717, 1.165) is 0 Å². The molecular formula is C17H20N2O5. The molecule has 0 N–H and O–H groups in total. The number of carbonyl (C=O) groups excluding carboxylic acids is 2. The molecule has 128 valence electrons. The minimum absolute atomic E-state index is 0.0424. The minimum atomic E-state index is -0.662. The molecule has 1 aromatic carbocycles. The maximum Gasteiger partial charge on any atom is 0.344 e. The van der Waals surface area contributed by atoms with Gasteiger partial charge in [0.05, 0.1) is 17.8 Å². The van der Waals surface area contributed by atoms with E-state index in [1.54, 1.807) is 29.2 Å². The molecule has 1 aromatic rings. The molecule has 0 unspecified atom stereocenters. The van der Waals surface area contributed by atoms with E-state index in [9.17, 15) is 9.59 Å². The van der Waals surface area contributed by atoms with Gasteiger partial charge in [-0.25, -0.2) is 4.79 Å². The summed E-state index contributed by atoms with van der Waals surface area (Å²) in [6, 6.07) is 8.55. The van der Waals surface area contributed by atoms with Crippen molar-refractivity contribution in [2.75, 3.05) is 26.3 Å². The van der Waals surface area contributed by atoms with Crippen LogP contribution >= 0.6 is 0 Å². The van der Waals surface area contributed by atoms with Gasteiger partial charge in [-0.3, -0.25) is 4.79 Å². The number of carbonyl (C=O) groups is 2. The molecule has 0 aliphatic carbocycles. The number of para-hydroxylation sites is 1. The molecule has 1 aliphatic rings. The van der Waals surface area contributed by atoms with Gasteiger partial charge in [0, 0.05) is 13.1 Å². The molecule has 24 heavy (non-hydrogen) atoms. The highest BCUT2D eigenvalue weighted by atomic mass is 16.6. The third-order valence-electron chi connectivity index (χ3n) is 3.48. The van der Waals surface area contributed by atoms with Gasteiger partial charge in [-0.1, -0.05) is 12.1 Å². The maximum absolute atomic E-state index is 12.1. The summed E-state index contributed by atoms with van der Waals surface area (Å²) in [5.74, 6) is -0.618. The summed E-state index contributed by atoms with van der Waals surface area (Å²) in [4.78, 5) is 25.4. The minimum Gasteiger partial charge on any atom is -0.481 e. The molecule has 7 nitrogen and oxygen atoms in total. The Kier molecular flexibility index (Phi) is 6.15. The fraction of sp³-hybridized carbons (Fsp3) is 0.471. The van der Waals surface area contributed by atoms with Crippen LogP contribution < -0.4 is 4.74 Å². The Morgan fingerprint density at radius 2 is 1.92 bits per heavy atom. The van der Waals surface area contributed by atoms with Gasteiger partial charge in [0.25, 0.3) is 5.91 Å². The molecule has 1 saturated heterocycles. The van der Waals surface area contributed by atoms with E-state index in [4.69, 9.17) is 19.5 Å². The van der Waals surface area contributed by atoms with E-state index in [1.165, 1.54) is 0 Å². The predicted molar refractivity (Wildman–Crippen MR) is 84.2 cm³/mol. The molecule has 2 atom stereocenters. The number of nitrogens with zero attached hydrogens (tertiary/aromatic N) is 2. The lowest BCUT2D eigenvalue weighted by Gasteiger charge is -2.35. The number of rotatable bonds is 5. The first-order valence-electron chi connectivity index (χ1n) is 7.70. The van der Waals surface area contributed by atoms with Crippen molar-refractivity contribution in [3.63, 3.8) is 0 Å². The van der Waals surface area contributed by atoms with Crippen molar-refractivity contribution in [1.29, 1.82) is 5.26 Å². The van der Waals surface area contributed by atoms with E-state index < -0.39 is 5.97 Å². The lowest BCUT2D eigenvalue weighted by molar-refractivity contribution is -0.158. The molecule has 0 saturated carbocycles. The number of hydrogen-bond donors (Lipinski definition) is 0. The van der Waals surface area contributed by atoms with Crippen LogP contribution in [0.3, 0.4) is 0 Å². The van der Waals surface area contributed by atoms with Crippen molar-refractivity contribution in [2.45, 2.75) is 26.1 Å². The molecule has 1 aliphatic heterocycles. The van der Waals surface area contributed by atoms with E-state index in [2.05, 4.69) is 0 Å². The van der Waals surface area contributed by atoms with Crippen molar-refractivity contribution in [1.82, 2.24) is 4.90 Å². The number of morpholine rings is 1. The fourth-order valence-corrected chi connectivity index (χ4v) is 2.48. The summed E-state index contributed by atoms with van der Waals surface area (Å²) in [5.41, 5.74) is 0.331. The first kappa shape index (κ1) is 17.8. The van der Waals surface area contributed by atoms with Crippen LogP contribution in [0.5, 0.6) is 5.75 Å². The standard InChI is InChI=1S/C17H20N2O5/c1-12-8-19(9-13(2)24-12)16(20)10-23-17(21)11-22-15-6-4-3-5-14(15)7-18/h3-6,12-13H,8-11H2,1-2H3/t12-,13+. The van der Waals surface area contributed by atoms with Crippen LogP contribution in [-0.2, 0) is 19.1 Å². The SMILES string of the molecule is C[C@@H]1CN(C(=O)COC(=O)COc2ccccc2C#N)C[C@H](C)O1. The molecule has 1 heterocycles. The van der Waals surface area contributed by atoms with Gasteiger partial charge in [0.1, 0.15) is 11.8 Å². The Morgan fingerprint density at radius 1 is 1.25 bits per heavy atom. The topological polar surface area (TPSA) is 88.9 Å². The lowest BCUT2D eigenvalue weighted by atomic mass is 10.2. The number of benzene rings is 1. The smallest absolute Gasteiger partial charge is 0.344 e. The van der Waals surface area contributed by atoms with E-state index in [-0.39, 0.29) is 31.3 Å². The van der Waals surface area contributed by atoms with Gasteiger partial charge in [-0.05, 0) is 26.0 Å². The van der Waals surface area contributed by atoms with Gasteiger partial charge in [-0.2, -0.15) is 5.26 Å². The monoisotopic (exact) mass is 332 g/mol. The van der Waals surface area contributed by atoms with Gasteiger partial charge >= 0.3 is 5.97 Å². The van der Waals surface area contributed by atoms with Crippen LogP contribution in [0.25, 0.3) is 0 Å². The lowest BCUT2D eigenvalue weighted by Crippen LogP contribution is -2.49. The predicted octanol–water partition coefficient (Wildman–Crippen LogP) is 1.12. The van der Waals surface area contributed by atoms with Crippen LogP contribution in [0.1, 0.15) is 19.4 Å². The fourth-order valence-electron chi connectivity index (χ4n) is 2.48. The van der Waals surface area contributed by atoms with Crippen molar-refractivity contribution in [2.24, 2.45) is 0 Å². The zero-order valence-electron chi connectivity index (χ0n) is 13.7. The molecular weight excluding hydrogens is 312 g/mol.